The van der Waals surface area contributed by atoms with E-state index in [9.17, 15) is 0 Å². The summed E-state index contributed by atoms with van der Waals surface area (Å²) in [5.74, 6) is 1.56. The minimum Gasteiger partial charge on any atom is -0.273 e. The van der Waals surface area contributed by atoms with Gasteiger partial charge >= 0.3 is 114 Å². The predicted octanol–water partition coefficient (Wildman–Crippen LogP) is 15.2. The van der Waals surface area contributed by atoms with Gasteiger partial charge in [0.15, 0.2) is 0 Å². The summed E-state index contributed by atoms with van der Waals surface area (Å²) >= 11 is 1.23. The minimum absolute atomic E-state index is 0.203. The Balaban J connectivity index is 0.000000154. The molecule has 0 bridgehead atoms. The van der Waals surface area contributed by atoms with Gasteiger partial charge in [-0.2, -0.15) is 6.08 Å². The molecule has 0 N–H and O–H groups in total. The van der Waals surface area contributed by atoms with Crippen molar-refractivity contribution in [3.8, 4) is 0 Å². The van der Waals surface area contributed by atoms with Gasteiger partial charge in [-0.05, 0) is 34.8 Å². The second-order valence-electron chi connectivity index (χ2n) is 17.9. The van der Waals surface area contributed by atoms with E-state index in [1.54, 1.807) is 3.26 Å². The maximum Gasteiger partial charge on any atom is -0.0238 e. The molecule has 8 rings (SSSR count). The van der Waals surface area contributed by atoms with E-state index in [1.807, 2.05) is 12.2 Å². The van der Waals surface area contributed by atoms with Crippen molar-refractivity contribution in [3.05, 3.63) is 185 Å². The first kappa shape index (κ1) is 43.3. The Labute approximate surface area is 354 Å². The maximum atomic E-state index is 2.99. The van der Waals surface area contributed by atoms with Crippen molar-refractivity contribution in [2.24, 2.45) is 5.92 Å². The molecule has 0 aliphatic heterocycles. The first-order chi connectivity index (χ1) is 26.8. The van der Waals surface area contributed by atoms with E-state index < -0.39 is 0 Å². The van der Waals surface area contributed by atoms with Crippen molar-refractivity contribution in [2.45, 2.75) is 117 Å². The van der Waals surface area contributed by atoms with Gasteiger partial charge in [-0.3, -0.25) is 6.08 Å². The third kappa shape index (κ3) is 12.9. The molecule has 0 nitrogen and oxygen atoms in total. The van der Waals surface area contributed by atoms with Crippen molar-refractivity contribution in [1.82, 2.24) is 0 Å². The monoisotopic (exact) mass is 904 g/mol. The molecule has 56 heavy (non-hydrogen) atoms. The van der Waals surface area contributed by atoms with Crippen LogP contribution in [-0.2, 0) is 47.6 Å². The van der Waals surface area contributed by atoms with E-state index in [0.29, 0.717) is 5.92 Å². The van der Waals surface area contributed by atoms with Gasteiger partial charge in [0.2, 0.25) is 0 Å². The van der Waals surface area contributed by atoms with Crippen LogP contribution in [0.5, 0.6) is 0 Å². The molecule has 1 heteroatoms. The van der Waals surface area contributed by atoms with Gasteiger partial charge in [0.05, 0.1) is 0 Å². The molecule has 0 amide bonds. The molecule has 0 atom stereocenters. The normalized spacial score (nSPS) is 13.9. The fourth-order valence-corrected chi connectivity index (χ4v) is 9.01. The average Bonchev–Trinajstić information content (AvgIpc) is 4.01. The van der Waals surface area contributed by atoms with E-state index >= 15 is 0 Å². The molecule has 6 aromatic carbocycles. The molecule has 2 aliphatic rings. The van der Waals surface area contributed by atoms with Crippen LogP contribution in [0.2, 0.25) is 0 Å². The molecule has 0 radical (unpaired) electrons. The number of rotatable bonds is 6. The Morgan fingerprint density at radius 1 is 0.661 bits per heavy atom. The topological polar surface area (TPSA) is 0 Å². The summed E-state index contributed by atoms with van der Waals surface area (Å²) in [5.41, 5.74) is 9.02. The predicted molar refractivity (Wildman–Crippen MR) is 243 cm³/mol. The standard InChI is InChI=1S/C21H25.C15H20.C14H14.C5H5.Hf/c1-20(2,3)16-7-9-18-14(12-16)11-15-13-17(21(4,5)6)8-10-19(15)18;1-12(2)15-9-7-14(8-10-15)11-13-5-3-4-6-13;1-3-7-13(8-4-1)11-12-14-9-5-2-6-10-14;1-2-4-5-3-1;/h7-13H,1-6H3;7-10,12-13H,3-6H2,1-2H3;1-10H,11-12H2;1-3H,4H2;/q-1;;;-1;+2. The van der Waals surface area contributed by atoms with Crippen LogP contribution in [0.3, 0.4) is 0 Å². The number of benzene rings is 5. The summed E-state index contributed by atoms with van der Waals surface area (Å²) in [7, 11) is 0. The summed E-state index contributed by atoms with van der Waals surface area (Å²) in [6, 6.07) is 46.7. The SMILES string of the molecule is CC(C)(C)c1ccc2c(c1)[cH-]c1cc(C(C)(C)C)ccc12.CC(C)c1ccc([C](=[Hf+2])C2CCCC2)cc1.[C-]1=CC=CC1.c1ccc(CCc2ccccc2)cc1. The Bertz CT molecular complexity index is 2040. The summed E-state index contributed by atoms with van der Waals surface area (Å²) in [6.45, 7) is 18.2. The molecule has 288 valence electrons. The maximum absolute atomic E-state index is 2.99. The second-order valence-corrected chi connectivity index (χ2v) is 19.8. The smallest absolute Gasteiger partial charge is 0.0238 e. The summed E-state index contributed by atoms with van der Waals surface area (Å²) in [5, 5.41) is 5.48. The Morgan fingerprint density at radius 2 is 1.14 bits per heavy atom. The van der Waals surface area contributed by atoms with E-state index in [2.05, 4.69) is 195 Å². The van der Waals surface area contributed by atoms with Gasteiger partial charge in [-0.15, -0.1) is 46.2 Å². The van der Waals surface area contributed by atoms with Crippen molar-refractivity contribution in [3.63, 3.8) is 0 Å². The first-order valence-corrected chi connectivity index (χ1v) is 22.7. The number of allylic oxidation sites excluding steroid dienone is 4. The second kappa shape index (κ2) is 20.6. The van der Waals surface area contributed by atoms with Crippen LogP contribution in [0.1, 0.15) is 127 Å². The zero-order valence-electron chi connectivity index (χ0n) is 35.5. The molecule has 1 saturated carbocycles. The quantitative estimate of drug-likeness (QED) is 0.115. The molecule has 0 aromatic heterocycles. The van der Waals surface area contributed by atoms with Gasteiger partial charge in [0, 0.05) is 0 Å². The van der Waals surface area contributed by atoms with E-state index in [0.717, 1.165) is 25.2 Å². The molecular formula is C55H64Hf. The Morgan fingerprint density at radius 3 is 1.52 bits per heavy atom. The van der Waals surface area contributed by atoms with Crippen LogP contribution < -0.4 is 0 Å². The van der Waals surface area contributed by atoms with Crippen molar-refractivity contribution < 1.29 is 23.9 Å². The van der Waals surface area contributed by atoms with Crippen LogP contribution in [0.25, 0.3) is 21.5 Å². The van der Waals surface area contributed by atoms with Crippen LogP contribution >= 0.6 is 0 Å². The van der Waals surface area contributed by atoms with E-state index in [-0.39, 0.29) is 10.8 Å². The minimum atomic E-state index is 0.203. The molecule has 0 spiro atoms. The van der Waals surface area contributed by atoms with Gasteiger partial charge in [-0.25, -0.2) is 12.2 Å². The van der Waals surface area contributed by atoms with Crippen LogP contribution in [0.4, 0.5) is 0 Å². The third-order valence-electron chi connectivity index (χ3n) is 11.1. The molecule has 2 aliphatic carbocycles. The van der Waals surface area contributed by atoms with Gasteiger partial charge in [0.25, 0.3) is 0 Å². The van der Waals surface area contributed by atoms with Crippen LogP contribution in [0.15, 0.2) is 146 Å². The number of fused-ring (bicyclic) bond motifs is 3. The van der Waals surface area contributed by atoms with Crippen molar-refractivity contribution in [2.75, 3.05) is 0 Å². The van der Waals surface area contributed by atoms with E-state index in [4.69, 9.17) is 0 Å². The fraction of sp³-hybridized carbons (Fsp3) is 0.345. The molecule has 6 aromatic rings. The summed E-state index contributed by atoms with van der Waals surface area (Å²) in [4.78, 5) is 0. The zero-order chi connectivity index (χ0) is 40.1. The number of hydrogen-bond donors (Lipinski definition) is 0. The molecule has 0 heterocycles. The third-order valence-corrected chi connectivity index (χ3v) is 13.6. The molecular weight excluding hydrogens is 839 g/mol. The van der Waals surface area contributed by atoms with Gasteiger partial charge < -0.3 is 0 Å². The summed E-state index contributed by atoms with van der Waals surface area (Å²) in [6.07, 6.45) is 18.0. The van der Waals surface area contributed by atoms with E-state index in [1.165, 1.54) is 105 Å². The Hall–Kier alpha value is -3.81. The summed E-state index contributed by atoms with van der Waals surface area (Å²) < 4.78 is 1.74. The van der Waals surface area contributed by atoms with Crippen molar-refractivity contribution >= 4 is 24.8 Å². The van der Waals surface area contributed by atoms with Gasteiger partial charge in [-0.1, -0.05) is 138 Å². The molecule has 1 fully saturated rings. The fourth-order valence-electron chi connectivity index (χ4n) is 7.37. The molecule has 0 saturated heterocycles. The Kier molecular flexibility index (Phi) is 15.9. The van der Waals surface area contributed by atoms with Crippen molar-refractivity contribution in [1.29, 1.82) is 0 Å². The number of hydrogen-bond acceptors (Lipinski definition) is 0. The zero-order valence-corrected chi connectivity index (χ0v) is 39.1. The van der Waals surface area contributed by atoms with Crippen LogP contribution in [0, 0.1) is 12.0 Å². The number of aryl methyl sites for hydroxylation is 2. The molecule has 0 unspecified atom stereocenters. The average molecular weight is 904 g/mol. The largest absolute Gasteiger partial charge is 0.273 e. The van der Waals surface area contributed by atoms with Crippen LogP contribution in [-0.4, -0.2) is 3.26 Å². The first-order valence-electron chi connectivity index (χ1n) is 20.9. The van der Waals surface area contributed by atoms with Gasteiger partial charge in [0.1, 0.15) is 0 Å².